The summed E-state index contributed by atoms with van der Waals surface area (Å²) >= 11 is 1.18. The fraction of sp³-hybridized carbons (Fsp3) is 0.357. The predicted molar refractivity (Wildman–Crippen MR) is 79.3 cm³/mol. The molecule has 5 nitrogen and oxygen atoms in total. The van der Waals surface area contributed by atoms with Gasteiger partial charge < -0.3 is 10.1 Å². The van der Waals surface area contributed by atoms with Crippen LogP contribution in [0.3, 0.4) is 0 Å². The Bertz CT molecular complexity index is 659. The number of carbonyl (C=O) groups is 1. The Kier molecular flexibility index (Phi) is 5.67. The third-order valence-corrected chi connectivity index (χ3v) is 3.86. The van der Waals surface area contributed by atoms with Crippen LogP contribution in [0.2, 0.25) is 0 Å². The van der Waals surface area contributed by atoms with Gasteiger partial charge in [-0.1, -0.05) is 6.07 Å². The Morgan fingerprint density at radius 1 is 1.39 bits per heavy atom. The van der Waals surface area contributed by atoms with Gasteiger partial charge in [0.05, 0.1) is 18.0 Å². The average molecular weight is 345 g/mol. The highest BCUT2D eigenvalue weighted by atomic mass is 32.1. The van der Waals surface area contributed by atoms with Crippen LogP contribution in [-0.4, -0.2) is 41.8 Å². The third kappa shape index (κ3) is 5.29. The third-order valence-electron chi connectivity index (χ3n) is 2.68. The molecule has 2 heterocycles. The summed E-state index contributed by atoms with van der Waals surface area (Å²) in [6.07, 6.45) is -2.74. The van der Waals surface area contributed by atoms with Gasteiger partial charge in [0.2, 0.25) is 0 Å². The average Bonchev–Trinajstić information content (AvgIpc) is 2.88. The number of nitrogens with one attached hydrogen (secondary N) is 1. The first kappa shape index (κ1) is 17.4. The van der Waals surface area contributed by atoms with E-state index in [4.69, 9.17) is 0 Å². The summed E-state index contributed by atoms with van der Waals surface area (Å²) in [6.45, 7) is 0.145. The second kappa shape index (κ2) is 7.51. The minimum atomic E-state index is -4.37. The van der Waals surface area contributed by atoms with E-state index in [1.54, 1.807) is 25.3 Å². The van der Waals surface area contributed by atoms with Gasteiger partial charge in [-0.05, 0) is 19.1 Å². The Hall–Kier alpha value is -2.00. The van der Waals surface area contributed by atoms with Crippen LogP contribution in [0.4, 0.5) is 13.2 Å². The van der Waals surface area contributed by atoms with Crippen LogP contribution in [0.25, 0.3) is 10.7 Å². The second-order valence-corrected chi connectivity index (χ2v) is 5.57. The fourth-order valence-corrected chi connectivity index (χ4v) is 2.67. The lowest BCUT2D eigenvalue weighted by Crippen LogP contribution is -2.28. The van der Waals surface area contributed by atoms with Crippen molar-refractivity contribution in [2.75, 3.05) is 19.8 Å². The van der Waals surface area contributed by atoms with Crippen molar-refractivity contribution < 1.29 is 22.7 Å². The molecule has 9 heteroatoms. The lowest BCUT2D eigenvalue weighted by Gasteiger charge is -2.08. The van der Waals surface area contributed by atoms with E-state index in [0.717, 1.165) is 0 Å². The number of amides is 1. The van der Waals surface area contributed by atoms with Crippen LogP contribution in [-0.2, 0) is 4.74 Å². The molecule has 0 atom stereocenters. The number of hydrogen-bond acceptors (Lipinski definition) is 5. The molecule has 2 rings (SSSR count). The van der Waals surface area contributed by atoms with Crippen LogP contribution >= 0.6 is 11.3 Å². The van der Waals surface area contributed by atoms with Crippen LogP contribution < -0.4 is 5.32 Å². The van der Waals surface area contributed by atoms with Crippen molar-refractivity contribution in [3.8, 4) is 10.7 Å². The Labute approximate surface area is 134 Å². The number of thiazole rings is 1. The molecule has 1 N–H and O–H groups in total. The van der Waals surface area contributed by atoms with Gasteiger partial charge in [-0.25, -0.2) is 4.98 Å². The van der Waals surface area contributed by atoms with Crippen molar-refractivity contribution >= 4 is 17.2 Å². The number of halogens is 3. The van der Waals surface area contributed by atoms with Crippen LogP contribution in [0, 0.1) is 6.92 Å². The van der Waals surface area contributed by atoms with Crippen LogP contribution in [0.1, 0.15) is 15.4 Å². The van der Waals surface area contributed by atoms with Gasteiger partial charge in [0.25, 0.3) is 5.91 Å². The number of nitrogens with zero attached hydrogens (tertiary/aromatic N) is 2. The zero-order chi connectivity index (χ0) is 16.9. The molecule has 0 unspecified atom stereocenters. The summed E-state index contributed by atoms with van der Waals surface area (Å²) in [6, 6.07) is 5.38. The molecule has 0 saturated carbocycles. The van der Waals surface area contributed by atoms with Crippen LogP contribution in [0.5, 0.6) is 0 Å². The van der Waals surface area contributed by atoms with Gasteiger partial charge in [-0.2, -0.15) is 13.2 Å². The predicted octanol–water partition coefficient (Wildman–Crippen LogP) is 2.82. The molecular weight excluding hydrogens is 331 g/mol. The minimum absolute atomic E-state index is 0.00876. The second-order valence-electron chi connectivity index (χ2n) is 4.57. The van der Waals surface area contributed by atoms with E-state index in [9.17, 15) is 18.0 Å². The number of carbonyl (C=O) groups excluding carboxylic acids is 1. The van der Waals surface area contributed by atoms with E-state index in [1.807, 2.05) is 6.07 Å². The summed E-state index contributed by atoms with van der Waals surface area (Å²) in [5.41, 5.74) is 1.21. The molecule has 0 fully saturated rings. The maximum atomic E-state index is 12.0. The normalized spacial score (nSPS) is 11.5. The van der Waals surface area contributed by atoms with E-state index in [2.05, 4.69) is 20.0 Å². The van der Waals surface area contributed by atoms with Gasteiger partial charge in [-0.3, -0.25) is 9.78 Å². The fourth-order valence-electron chi connectivity index (χ4n) is 1.71. The first-order valence-electron chi connectivity index (χ1n) is 6.68. The summed E-state index contributed by atoms with van der Waals surface area (Å²) in [5.74, 6) is -0.391. The van der Waals surface area contributed by atoms with Gasteiger partial charge in [-0.15, -0.1) is 11.3 Å². The molecule has 0 saturated heterocycles. The zero-order valence-electron chi connectivity index (χ0n) is 12.2. The first-order valence-corrected chi connectivity index (χ1v) is 7.50. The molecule has 2 aromatic rings. The number of rotatable bonds is 6. The topological polar surface area (TPSA) is 64.1 Å². The lowest BCUT2D eigenvalue weighted by atomic mass is 10.3. The van der Waals surface area contributed by atoms with Crippen molar-refractivity contribution in [2.45, 2.75) is 13.1 Å². The van der Waals surface area contributed by atoms with Gasteiger partial charge in [0.1, 0.15) is 16.5 Å². The summed E-state index contributed by atoms with van der Waals surface area (Å²) in [7, 11) is 0. The molecular formula is C14H14F3N3O2S. The highest BCUT2D eigenvalue weighted by molar-refractivity contribution is 7.17. The molecule has 0 spiro atoms. The number of pyridine rings is 1. The maximum Gasteiger partial charge on any atom is 0.411 e. The van der Waals surface area contributed by atoms with E-state index in [1.165, 1.54) is 11.3 Å². The summed E-state index contributed by atoms with van der Waals surface area (Å²) in [4.78, 5) is 20.9. The Balaban J connectivity index is 1.89. The monoisotopic (exact) mass is 345 g/mol. The molecule has 124 valence electrons. The SMILES string of the molecule is Cc1nc(-c2ccccn2)sc1C(=O)NCCOCC(F)(F)F. The number of hydrogen-bond donors (Lipinski definition) is 1. The molecule has 0 bridgehead atoms. The molecule has 2 aromatic heterocycles. The molecule has 0 aliphatic heterocycles. The number of aromatic nitrogens is 2. The lowest BCUT2D eigenvalue weighted by molar-refractivity contribution is -0.173. The number of aryl methyl sites for hydroxylation is 1. The van der Waals surface area contributed by atoms with Gasteiger partial charge >= 0.3 is 6.18 Å². The number of alkyl halides is 3. The zero-order valence-corrected chi connectivity index (χ0v) is 13.0. The highest BCUT2D eigenvalue weighted by Gasteiger charge is 2.27. The van der Waals surface area contributed by atoms with Crippen molar-refractivity contribution in [3.63, 3.8) is 0 Å². The van der Waals surface area contributed by atoms with Crippen LogP contribution in [0.15, 0.2) is 24.4 Å². The van der Waals surface area contributed by atoms with Crippen molar-refractivity contribution in [2.24, 2.45) is 0 Å². The molecule has 0 aromatic carbocycles. The van der Waals surface area contributed by atoms with Crippen molar-refractivity contribution in [1.82, 2.24) is 15.3 Å². The molecule has 0 radical (unpaired) electrons. The molecule has 0 aliphatic carbocycles. The first-order chi connectivity index (χ1) is 10.9. The summed E-state index contributed by atoms with van der Waals surface area (Å²) in [5, 5.41) is 3.12. The minimum Gasteiger partial charge on any atom is -0.370 e. The van der Waals surface area contributed by atoms with Gasteiger partial charge in [0, 0.05) is 12.7 Å². The van der Waals surface area contributed by atoms with E-state index in [-0.39, 0.29) is 13.2 Å². The van der Waals surface area contributed by atoms with Crippen molar-refractivity contribution in [1.29, 1.82) is 0 Å². The molecule has 0 aliphatic rings. The standard InChI is InChI=1S/C14H14F3N3O2S/c1-9-11(12(21)19-6-7-22-8-14(15,16)17)23-13(20-9)10-4-2-3-5-18-10/h2-5H,6-8H2,1H3,(H,19,21). The largest absolute Gasteiger partial charge is 0.411 e. The number of ether oxygens (including phenoxy) is 1. The Morgan fingerprint density at radius 2 is 2.17 bits per heavy atom. The van der Waals surface area contributed by atoms with E-state index in [0.29, 0.717) is 21.3 Å². The maximum absolute atomic E-state index is 12.0. The summed E-state index contributed by atoms with van der Waals surface area (Å²) < 4.78 is 40.1. The van der Waals surface area contributed by atoms with E-state index >= 15 is 0 Å². The Morgan fingerprint density at radius 3 is 2.83 bits per heavy atom. The van der Waals surface area contributed by atoms with Crippen molar-refractivity contribution in [3.05, 3.63) is 35.0 Å². The smallest absolute Gasteiger partial charge is 0.370 e. The van der Waals surface area contributed by atoms with Gasteiger partial charge in [0.15, 0.2) is 0 Å². The molecule has 23 heavy (non-hydrogen) atoms. The molecule has 1 amide bonds. The quantitative estimate of drug-likeness (QED) is 0.818. The highest BCUT2D eigenvalue weighted by Crippen LogP contribution is 2.26. The van der Waals surface area contributed by atoms with E-state index < -0.39 is 18.7 Å².